The van der Waals surface area contributed by atoms with Gasteiger partial charge in [0, 0.05) is 18.1 Å². The lowest BCUT2D eigenvalue weighted by molar-refractivity contribution is -0.159. The molecule has 4 fully saturated rings. The zero-order valence-electron chi connectivity index (χ0n) is 17.2. The Morgan fingerprint density at radius 1 is 1.00 bits per heavy atom. The predicted molar refractivity (Wildman–Crippen MR) is 107 cm³/mol. The van der Waals surface area contributed by atoms with Crippen LogP contribution in [0.3, 0.4) is 0 Å². The van der Waals surface area contributed by atoms with Crippen molar-refractivity contribution in [2.45, 2.75) is 102 Å². The molecule has 2 heterocycles. The van der Waals surface area contributed by atoms with Crippen molar-refractivity contribution in [2.75, 3.05) is 6.54 Å². The van der Waals surface area contributed by atoms with Gasteiger partial charge in [0.25, 0.3) is 5.91 Å². The third-order valence-electron chi connectivity index (χ3n) is 7.94. The van der Waals surface area contributed by atoms with Crippen LogP contribution in [0.25, 0.3) is 0 Å². The normalized spacial score (nSPS) is 41.7. The number of piperidine rings is 1. The fourth-order valence-corrected chi connectivity index (χ4v) is 6.28. The SMILES string of the molecule is CC1CCCC2CC(C(=O)NC(C3CCCC3)C3NCCCC3C)ONC12. The molecule has 0 aromatic rings. The van der Waals surface area contributed by atoms with Gasteiger partial charge in [-0.05, 0) is 75.2 Å². The van der Waals surface area contributed by atoms with E-state index in [9.17, 15) is 4.79 Å². The first kappa shape index (κ1) is 19.7. The lowest BCUT2D eigenvalue weighted by Gasteiger charge is -2.44. The minimum absolute atomic E-state index is 0.107. The third kappa shape index (κ3) is 4.35. The zero-order chi connectivity index (χ0) is 18.8. The van der Waals surface area contributed by atoms with Crippen LogP contribution in [-0.4, -0.2) is 36.7 Å². The van der Waals surface area contributed by atoms with Crippen LogP contribution in [0, 0.1) is 23.7 Å². The van der Waals surface area contributed by atoms with E-state index in [1.165, 1.54) is 57.8 Å². The Morgan fingerprint density at radius 2 is 1.78 bits per heavy atom. The molecule has 0 spiro atoms. The largest absolute Gasteiger partial charge is 0.349 e. The van der Waals surface area contributed by atoms with E-state index in [-0.39, 0.29) is 18.1 Å². The Kier molecular flexibility index (Phi) is 6.40. The van der Waals surface area contributed by atoms with Crippen molar-refractivity contribution in [2.24, 2.45) is 23.7 Å². The van der Waals surface area contributed by atoms with Crippen LogP contribution in [-0.2, 0) is 9.63 Å². The van der Waals surface area contributed by atoms with Gasteiger partial charge < -0.3 is 10.6 Å². The molecular formula is C22H39N3O2. The molecule has 0 aromatic carbocycles. The molecule has 0 radical (unpaired) electrons. The molecule has 7 atom stereocenters. The topological polar surface area (TPSA) is 62.4 Å². The Labute approximate surface area is 164 Å². The first-order chi connectivity index (χ1) is 13.1. The molecule has 2 saturated heterocycles. The second-order valence-electron chi connectivity index (χ2n) is 9.83. The highest BCUT2D eigenvalue weighted by Gasteiger charge is 2.42. The van der Waals surface area contributed by atoms with E-state index < -0.39 is 0 Å². The molecule has 27 heavy (non-hydrogen) atoms. The van der Waals surface area contributed by atoms with Gasteiger partial charge in [-0.1, -0.05) is 33.1 Å². The number of amides is 1. The van der Waals surface area contributed by atoms with Crippen LogP contribution in [0.15, 0.2) is 0 Å². The van der Waals surface area contributed by atoms with Crippen LogP contribution in [0.5, 0.6) is 0 Å². The van der Waals surface area contributed by atoms with Crippen molar-refractivity contribution in [3.05, 3.63) is 0 Å². The van der Waals surface area contributed by atoms with Crippen LogP contribution in [0.4, 0.5) is 0 Å². The molecule has 4 rings (SSSR count). The first-order valence-electron chi connectivity index (χ1n) is 11.6. The molecule has 5 nitrogen and oxygen atoms in total. The lowest BCUT2D eigenvalue weighted by atomic mass is 9.75. The van der Waals surface area contributed by atoms with Crippen molar-refractivity contribution >= 4 is 5.91 Å². The van der Waals surface area contributed by atoms with Crippen LogP contribution < -0.4 is 16.1 Å². The number of hydrogen-bond donors (Lipinski definition) is 3. The van der Waals surface area contributed by atoms with Crippen LogP contribution in [0.1, 0.15) is 78.1 Å². The molecule has 1 amide bonds. The molecule has 4 aliphatic rings. The minimum Gasteiger partial charge on any atom is -0.349 e. The molecule has 0 bridgehead atoms. The van der Waals surface area contributed by atoms with Crippen molar-refractivity contribution in [3.8, 4) is 0 Å². The Bertz CT molecular complexity index is 508. The lowest BCUT2D eigenvalue weighted by Crippen LogP contribution is -2.61. The van der Waals surface area contributed by atoms with Gasteiger partial charge in [0.1, 0.15) is 0 Å². The summed E-state index contributed by atoms with van der Waals surface area (Å²) in [6.45, 7) is 5.73. The fourth-order valence-electron chi connectivity index (χ4n) is 6.28. The summed E-state index contributed by atoms with van der Waals surface area (Å²) in [5.74, 6) is 2.57. The van der Waals surface area contributed by atoms with Gasteiger partial charge >= 0.3 is 0 Å². The van der Waals surface area contributed by atoms with Gasteiger partial charge in [0.2, 0.25) is 0 Å². The highest BCUT2D eigenvalue weighted by Crippen LogP contribution is 2.36. The van der Waals surface area contributed by atoms with Crippen LogP contribution in [0.2, 0.25) is 0 Å². The van der Waals surface area contributed by atoms with Crippen molar-refractivity contribution in [1.82, 2.24) is 16.1 Å². The maximum absolute atomic E-state index is 13.2. The smallest absolute Gasteiger partial charge is 0.251 e. The van der Waals surface area contributed by atoms with E-state index >= 15 is 0 Å². The quantitative estimate of drug-likeness (QED) is 0.704. The summed E-state index contributed by atoms with van der Waals surface area (Å²) in [4.78, 5) is 19.0. The van der Waals surface area contributed by atoms with Crippen molar-refractivity contribution < 1.29 is 9.63 Å². The molecular weight excluding hydrogens is 338 g/mol. The van der Waals surface area contributed by atoms with Gasteiger partial charge in [0.05, 0.1) is 0 Å². The third-order valence-corrected chi connectivity index (χ3v) is 7.94. The fraction of sp³-hybridized carbons (Fsp3) is 0.955. The van der Waals surface area contributed by atoms with E-state index in [0.717, 1.165) is 13.0 Å². The van der Waals surface area contributed by atoms with Crippen LogP contribution >= 0.6 is 0 Å². The average molecular weight is 378 g/mol. The Morgan fingerprint density at radius 3 is 2.56 bits per heavy atom. The summed E-state index contributed by atoms with van der Waals surface area (Å²) in [6, 6.07) is 1.08. The number of hydrogen-bond acceptors (Lipinski definition) is 4. The summed E-state index contributed by atoms with van der Waals surface area (Å²) in [5, 5.41) is 7.20. The summed E-state index contributed by atoms with van der Waals surface area (Å²) < 4.78 is 0. The molecule has 7 unspecified atom stereocenters. The Hall–Kier alpha value is -0.650. The summed E-state index contributed by atoms with van der Waals surface area (Å²) in [5.41, 5.74) is 3.26. The van der Waals surface area contributed by atoms with Gasteiger partial charge in [-0.2, -0.15) is 5.48 Å². The first-order valence-corrected chi connectivity index (χ1v) is 11.6. The van der Waals surface area contributed by atoms with E-state index in [1.807, 2.05) is 0 Å². The summed E-state index contributed by atoms with van der Waals surface area (Å²) >= 11 is 0. The molecule has 3 N–H and O–H groups in total. The van der Waals surface area contributed by atoms with Gasteiger partial charge in [-0.3, -0.25) is 9.63 Å². The van der Waals surface area contributed by atoms with Gasteiger partial charge in [-0.25, -0.2) is 0 Å². The molecule has 2 aliphatic heterocycles. The predicted octanol–water partition coefficient (Wildman–Crippen LogP) is 3.15. The van der Waals surface area contributed by atoms with E-state index in [4.69, 9.17) is 4.84 Å². The number of nitrogens with one attached hydrogen (secondary N) is 3. The maximum Gasteiger partial charge on any atom is 0.251 e. The summed E-state index contributed by atoms with van der Waals surface area (Å²) in [6.07, 6.45) is 11.9. The highest BCUT2D eigenvalue weighted by atomic mass is 16.7. The van der Waals surface area contributed by atoms with E-state index in [2.05, 4.69) is 30.0 Å². The minimum atomic E-state index is -0.334. The number of carbonyl (C=O) groups excluding carboxylic acids is 1. The number of rotatable bonds is 4. The maximum atomic E-state index is 13.2. The molecule has 2 saturated carbocycles. The molecule has 2 aliphatic carbocycles. The highest BCUT2D eigenvalue weighted by molar-refractivity contribution is 5.81. The standard InChI is InChI=1S/C22H39N3O2/c1-14-7-5-11-17-13-18(27-25-19(14)17)22(26)24-21(16-9-3-4-10-16)20-15(2)8-6-12-23-20/h14-21,23,25H,3-13H2,1-2H3,(H,24,26). The monoisotopic (exact) mass is 377 g/mol. The summed E-state index contributed by atoms with van der Waals surface area (Å²) in [7, 11) is 0. The van der Waals surface area contributed by atoms with Crippen molar-refractivity contribution in [3.63, 3.8) is 0 Å². The van der Waals surface area contributed by atoms with E-state index in [0.29, 0.717) is 35.8 Å². The average Bonchev–Trinajstić information content (AvgIpc) is 3.21. The van der Waals surface area contributed by atoms with Gasteiger partial charge in [0.15, 0.2) is 6.10 Å². The van der Waals surface area contributed by atoms with E-state index in [1.54, 1.807) is 0 Å². The number of hydroxylamine groups is 1. The number of carbonyl (C=O) groups is 1. The zero-order valence-corrected chi connectivity index (χ0v) is 17.2. The van der Waals surface area contributed by atoms with Crippen molar-refractivity contribution in [1.29, 1.82) is 0 Å². The second-order valence-corrected chi connectivity index (χ2v) is 9.83. The molecule has 0 aromatic heterocycles. The molecule has 154 valence electrons. The Balaban J connectivity index is 1.40. The molecule has 5 heteroatoms. The second kappa shape index (κ2) is 8.79. The van der Waals surface area contributed by atoms with Gasteiger partial charge in [-0.15, -0.1) is 0 Å². The number of fused-ring (bicyclic) bond motifs is 1.